The van der Waals surface area contributed by atoms with E-state index in [1.54, 1.807) is 12.3 Å². The number of hydrogen-bond acceptors (Lipinski definition) is 4. The smallest absolute Gasteiger partial charge is 0.228 e. The van der Waals surface area contributed by atoms with Crippen molar-refractivity contribution in [2.75, 3.05) is 5.32 Å². The van der Waals surface area contributed by atoms with E-state index in [9.17, 15) is 4.79 Å². The minimum atomic E-state index is -0.265. The third-order valence-electron chi connectivity index (χ3n) is 3.76. The second-order valence-corrected chi connectivity index (χ2v) is 5.89. The average Bonchev–Trinajstić information content (AvgIpc) is 2.49. The molecule has 1 heterocycles. The number of aromatic nitrogens is 1. The van der Waals surface area contributed by atoms with Crippen LogP contribution in [0.5, 0.6) is 11.6 Å². The first kappa shape index (κ1) is 23.2. The van der Waals surface area contributed by atoms with Crippen molar-refractivity contribution in [1.82, 2.24) is 4.98 Å². The number of carbonyl (C=O) groups is 1. The molecule has 0 spiro atoms. The molecule has 0 aliphatic heterocycles. The summed E-state index contributed by atoms with van der Waals surface area (Å²) in [6, 6.07) is 9.11. The first-order chi connectivity index (χ1) is 10.9. The summed E-state index contributed by atoms with van der Waals surface area (Å²) in [5, 5.41) is 2.87. The van der Waals surface area contributed by atoms with Crippen LogP contribution in [0.2, 0.25) is 0 Å². The van der Waals surface area contributed by atoms with Gasteiger partial charge in [0.05, 0.1) is 5.92 Å². The summed E-state index contributed by atoms with van der Waals surface area (Å²) in [5.74, 6) is 0.817. The molecule has 0 aliphatic carbocycles. The molecule has 0 aliphatic rings. The molecule has 0 bridgehead atoms. The highest BCUT2D eigenvalue weighted by Crippen LogP contribution is 2.27. The SMILES string of the molecule is Cc1ccnc(Oc2cc(NC(=O)C(C)C(C)N)ccc2C)c1.Cl.Cl. The fourth-order valence-corrected chi connectivity index (χ4v) is 1.96. The van der Waals surface area contributed by atoms with E-state index < -0.39 is 0 Å². The normalized spacial score (nSPS) is 12.2. The molecule has 2 rings (SSSR count). The molecule has 138 valence electrons. The molecule has 1 aromatic carbocycles. The van der Waals surface area contributed by atoms with Crippen LogP contribution in [-0.4, -0.2) is 16.9 Å². The molecular weight excluding hydrogens is 361 g/mol. The minimum Gasteiger partial charge on any atom is -0.439 e. The highest BCUT2D eigenvalue weighted by Gasteiger charge is 2.17. The largest absolute Gasteiger partial charge is 0.439 e. The van der Waals surface area contributed by atoms with Crippen LogP contribution in [0.15, 0.2) is 36.5 Å². The molecule has 25 heavy (non-hydrogen) atoms. The van der Waals surface area contributed by atoms with Crippen LogP contribution in [0.1, 0.15) is 25.0 Å². The maximum absolute atomic E-state index is 12.1. The van der Waals surface area contributed by atoms with Crippen molar-refractivity contribution in [2.45, 2.75) is 33.7 Å². The zero-order valence-corrected chi connectivity index (χ0v) is 16.4. The third-order valence-corrected chi connectivity index (χ3v) is 3.76. The lowest BCUT2D eigenvalue weighted by Gasteiger charge is -2.16. The Morgan fingerprint density at radius 3 is 2.44 bits per heavy atom. The Morgan fingerprint density at radius 2 is 1.84 bits per heavy atom. The monoisotopic (exact) mass is 385 g/mol. The van der Waals surface area contributed by atoms with Gasteiger partial charge >= 0.3 is 0 Å². The number of ether oxygens (including phenoxy) is 1. The maximum Gasteiger partial charge on any atom is 0.228 e. The van der Waals surface area contributed by atoms with E-state index in [4.69, 9.17) is 10.5 Å². The summed E-state index contributed by atoms with van der Waals surface area (Å²) in [5.41, 5.74) is 8.48. The number of halogens is 2. The zero-order chi connectivity index (χ0) is 17.0. The number of amides is 1. The van der Waals surface area contributed by atoms with Gasteiger partial charge in [0.2, 0.25) is 11.8 Å². The van der Waals surface area contributed by atoms with Gasteiger partial charge < -0.3 is 15.8 Å². The average molecular weight is 386 g/mol. The van der Waals surface area contributed by atoms with Crippen LogP contribution in [0, 0.1) is 19.8 Å². The Labute approximate surface area is 161 Å². The lowest BCUT2D eigenvalue weighted by Crippen LogP contribution is -2.34. The van der Waals surface area contributed by atoms with E-state index >= 15 is 0 Å². The molecule has 2 unspecified atom stereocenters. The Hall–Kier alpha value is -1.82. The van der Waals surface area contributed by atoms with Crippen LogP contribution < -0.4 is 15.8 Å². The van der Waals surface area contributed by atoms with Crippen molar-refractivity contribution in [3.63, 3.8) is 0 Å². The van der Waals surface area contributed by atoms with Crippen LogP contribution in [0.4, 0.5) is 5.69 Å². The van der Waals surface area contributed by atoms with E-state index in [0.29, 0.717) is 17.3 Å². The predicted octanol–water partition coefficient (Wildman–Crippen LogP) is 4.26. The van der Waals surface area contributed by atoms with E-state index in [0.717, 1.165) is 11.1 Å². The number of pyridine rings is 1. The van der Waals surface area contributed by atoms with Gasteiger partial charge in [-0.3, -0.25) is 4.79 Å². The molecule has 5 nitrogen and oxygen atoms in total. The van der Waals surface area contributed by atoms with E-state index in [1.807, 2.05) is 52.0 Å². The Morgan fingerprint density at radius 1 is 1.16 bits per heavy atom. The second kappa shape index (κ2) is 10.2. The summed E-state index contributed by atoms with van der Waals surface area (Å²) in [6.07, 6.45) is 1.70. The van der Waals surface area contributed by atoms with E-state index in [-0.39, 0.29) is 42.7 Å². The molecule has 7 heteroatoms. The van der Waals surface area contributed by atoms with Crippen LogP contribution in [0.3, 0.4) is 0 Å². The van der Waals surface area contributed by atoms with Gasteiger partial charge in [0.15, 0.2) is 0 Å². The Bertz CT molecular complexity index is 708. The quantitative estimate of drug-likeness (QED) is 0.805. The minimum absolute atomic E-state index is 0. The lowest BCUT2D eigenvalue weighted by molar-refractivity contribution is -0.119. The predicted molar refractivity (Wildman–Crippen MR) is 106 cm³/mol. The summed E-state index contributed by atoms with van der Waals surface area (Å²) in [7, 11) is 0. The lowest BCUT2D eigenvalue weighted by atomic mass is 10.0. The highest BCUT2D eigenvalue weighted by atomic mass is 35.5. The number of aryl methyl sites for hydroxylation is 2. The number of hydrogen-bond donors (Lipinski definition) is 2. The molecule has 0 fully saturated rings. The topological polar surface area (TPSA) is 77.2 Å². The van der Waals surface area contributed by atoms with E-state index in [1.165, 1.54) is 0 Å². The number of nitrogens with zero attached hydrogens (tertiary/aromatic N) is 1. The maximum atomic E-state index is 12.1. The van der Waals surface area contributed by atoms with Gasteiger partial charge in [0.25, 0.3) is 0 Å². The molecule has 3 N–H and O–H groups in total. The first-order valence-corrected chi connectivity index (χ1v) is 7.64. The molecule has 1 amide bonds. The number of nitrogens with one attached hydrogen (secondary N) is 1. The molecule has 1 aromatic heterocycles. The van der Waals surface area contributed by atoms with Crippen molar-refractivity contribution >= 4 is 36.4 Å². The van der Waals surface area contributed by atoms with Gasteiger partial charge in [-0.25, -0.2) is 4.98 Å². The van der Waals surface area contributed by atoms with Crippen molar-refractivity contribution < 1.29 is 9.53 Å². The summed E-state index contributed by atoms with van der Waals surface area (Å²) in [6.45, 7) is 7.55. The number of nitrogens with two attached hydrogens (primary N) is 1. The summed E-state index contributed by atoms with van der Waals surface area (Å²) < 4.78 is 5.83. The number of benzene rings is 1. The standard InChI is InChI=1S/C18H23N3O2.2ClH/c1-11-7-8-20-17(9-11)23-16-10-15(6-5-12(16)2)21-18(22)13(3)14(4)19;;/h5-10,13-14H,19H2,1-4H3,(H,21,22);2*1H. The molecule has 2 aromatic rings. The number of rotatable bonds is 5. The fraction of sp³-hybridized carbons (Fsp3) is 0.333. The highest BCUT2D eigenvalue weighted by molar-refractivity contribution is 5.93. The number of anilines is 1. The van der Waals surface area contributed by atoms with Gasteiger partial charge in [0, 0.05) is 30.1 Å². The molecular formula is C18H25Cl2N3O2. The van der Waals surface area contributed by atoms with Gasteiger partial charge in [-0.15, -0.1) is 24.8 Å². The van der Waals surface area contributed by atoms with Gasteiger partial charge in [-0.05, 0) is 44.0 Å². The molecule has 0 saturated heterocycles. The third kappa shape index (κ3) is 6.53. The fourth-order valence-electron chi connectivity index (χ4n) is 1.96. The van der Waals surface area contributed by atoms with Crippen LogP contribution in [-0.2, 0) is 4.79 Å². The second-order valence-electron chi connectivity index (χ2n) is 5.89. The van der Waals surface area contributed by atoms with Crippen molar-refractivity contribution in [1.29, 1.82) is 0 Å². The van der Waals surface area contributed by atoms with Gasteiger partial charge in [-0.2, -0.15) is 0 Å². The zero-order valence-electron chi connectivity index (χ0n) is 14.8. The van der Waals surface area contributed by atoms with Crippen molar-refractivity contribution in [2.24, 2.45) is 11.7 Å². The van der Waals surface area contributed by atoms with Crippen LogP contribution in [0.25, 0.3) is 0 Å². The van der Waals surface area contributed by atoms with Crippen molar-refractivity contribution in [3.05, 3.63) is 47.7 Å². The van der Waals surface area contributed by atoms with Crippen LogP contribution >= 0.6 is 24.8 Å². The molecule has 2 atom stereocenters. The molecule has 0 saturated carbocycles. The number of carbonyl (C=O) groups excluding carboxylic acids is 1. The Kier molecular flexibility index (Phi) is 9.49. The van der Waals surface area contributed by atoms with Crippen molar-refractivity contribution in [3.8, 4) is 11.6 Å². The Balaban J connectivity index is 0.00000288. The first-order valence-electron chi connectivity index (χ1n) is 7.64. The van der Waals surface area contributed by atoms with E-state index in [2.05, 4.69) is 10.3 Å². The van der Waals surface area contributed by atoms with Gasteiger partial charge in [-0.1, -0.05) is 13.0 Å². The summed E-state index contributed by atoms with van der Waals surface area (Å²) in [4.78, 5) is 16.3. The van der Waals surface area contributed by atoms with Gasteiger partial charge in [0.1, 0.15) is 5.75 Å². The summed E-state index contributed by atoms with van der Waals surface area (Å²) >= 11 is 0. The molecule has 0 radical (unpaired) electrons.